The second-order valence-electron chi connectivity index (χ2n) is 7.28. The maximum atomic E-state index is 12.5. The Bertz CT molecular complexity index is 729. The van der Waals surface area contributed by atoms with E-state index in [2.05, 4.69) is 20.4 Å². The fourth-order valence-electron chi connectivity index (χ4n) is 3.38. The first-order chi connectivity index (χ1) is 13.0. The molecule has 0 spiro atoms. The van der Waals surface area contributed by atoms with E-state index in [1.807, 2.05) is 0 Å². The number of halogens is 1. The van der Waals surface area contributed by atoms with Crippen molar-refractivity contribution in [1.29, 1.82) is 0 Å². The van der Waals surface area contributed by atoms with Crippen LogP contribution in [-0.2, 0) is 20.5 Å². The third-order valence-corrected chi connectivity index (χ3v) is 7.19. The van der Waals surface area contributed by atoms with Crippen LogP contribution < -0.4 is 5.32 Å². The van der Waals surface area contributed by atoms with Crippen molar-refractivity contribution in [3.8, 4) is 0 Å². The summed E-state index contributed by atoms with van der Waals surface area (Å²) in [5.74, 6) is 0.714. The first kappa shape index (κ1) is 23.4. The molecule has 0 bridgehead atoms. The van der Waals surface area contributed by atoms with Crippen LogP contribution in [0.1, 0.15) is 25.0 Å². The maximum Gasteiger partial charge on any atom is 0.220 e. The van der Waals surface area contributed by atoms with Gasteiger partial charge in [-0.3, -0.25) is 4.99 Å². The summed E-state index contributed by atoms with van der Waals surface area (Å²) in [5.41, 5.74) is 0.759. The van der Waals surface area contributed by atoms with E-state index in [-0.39, 0.29) is 29.7 Å². The van der Waals surface area contributed by atoms with Gasteiger partial charge in [-0.2, -0.15) is 4.31 Å². The second kappa shape index (κ2) is 10.2. The molecule has 1 aliphatic carbocycles. The van der Waals surface area contributed by atoms with Crippen molar-refractivity contribution in [2.75, 3.05) is 53.5 Å². The van der Waals surface area contributed by atoms with Gasteiger partial charge in [0.2, 0.25) is 10.0 Å². The number of methoxy groups -OCH3 is 1. The highest BCUT2D eigenvalue weighted by Crippen LogP contribution is 2.48. The first-order valence-electron chi connectivity index (χ1n) is 9.30. The Hall–Kier alpha value is -0.920. The van der Waals surface area contributed by atoms with Gasteiger partial charge in [-0.25, -0.2) is 8.42 Å². The van der Waals surface area contributed by atoms with Crippen LogP contribution in [-0.4, -0.2) is 82.2 Å². The molecule has 1 N–H and O–H groups in total. The number of guanidine groups is 1. The number of rotatable bonds is 8. The molecule has 3 rings (SSSR count). The van der Waals surface area contributed by atoms with Gasteiger partial charge in [0.15, 0.2) is 5.96 Å². The number of aromatic nitrogens is 1. The molecule has 0 amide bonds. The summed E-state index contributed by atoms with van der Waals surface area (Å²) < 4.78 is 36.5. The third-order valence-electron chi connectivity index (χ3n) is 5.38. The third kappa shape index (κ3) is 6.04. The summed E-state index contributed by atoms with van der Waals surface area (Å²) in [4.78, 5) is 6.50. The summed E-state index contributed by atoms with van der Waals surface area (Å²) in [5, 5.41) is 7.17. The number of aliphatic imine (C=N–C) groups is 1. The Balaban J connectivity index is 0.00000280. The standard InChI is InChI=1S/C17H29N5O4S.HI/c1-18-16(19-14-17(4-5-17)6-12-25-2)21-7-9-22(10-8-21)27(23,24)13-15-3-11-26-20-15;/h3,11H,4-10,12-14H2,1-2H3,(H,18,19);1H. The average molecular weight is 527 g/mol. The minimum atomic E-state index is -3.39. The number of sulfonamides is 1. The molecule has 160 valence electrons. The maximum absolute atomic E-state index is 12.5. The van der Waals surface area contributed by atoms with E-state index in [0.29, 0.717) is 37.3 Å². The van der Waals surface area contributed by atoms with Crippen molar-refractivity contribution < 1.29 is 17.7 Å². The molecule has 1 saturated heterocycles. The zero-order valence-electron chi connectivity index (χ0n) is 16.5. The summed E-state index contributed by atoms with van der Waals surface area (Å²) in [6, 6.07) is 1.58. The molecule has 1 aromatic heterocycles. The van der Waals surface area contributed by atoms with Crippen LogP contribution in [0.2, 0.25) is 0 Å². The molecule has 28 heavy (non-hydrogen) atoms. The molecule has 0 atom stereocenters. The zero-order valence-corrected chi connectivity index (χ0v) is 19.6. The molecule has 11 heteroatoms. The molecule has 2 heterocycles. The fourth-order valence-corrected chi connectivity index (χ4v) is 4.80. The lowest BCUT2D eigenvalue weighted by Gasteiger charge is -2.36. The van der Waals surface area contributed by atoms with Crippen molar-refractivity contribution >= 4 is 40.0 Å². The Morgan fingerprint density at radius 2 is 2.07 bits per heavy atom. The normalized spacial score (nSPS) is 19.9. The molecule has 1 aliphatic heterocycles. The van der Waals surface area contributed by atoms with E-state index in [1.165, 1.54) is 23.4 Å². The van der Waals surface area contributed by atoms with Crippen molar-refractivity contribution in [1.82, 2.24) is 19.7 Å². The molecule has 0 radical (unpaired) electrons. The van der Waals surface area contributed by atoms with E-state index in [9.17, 15) is 8.42 Å². The van der Waals surface area contributed by atoms with Gasteiger partial charge >= 0.3 is 0 Å². The van der Waals surface area contributed by atoms with Gasteiger partial charge in [-0.15, -0.1) is 24.0 Å². The lowest BCUT2D eigenvalue weighted by molar-refractivity contribution is 0.172. The predicted octanol–water partition coefficient (Wildman–Crippen LogP) is 1.13. The first-order valence-corrected chi connectivity index (χ1v) is 10.9. The van der Waals surface area contributed by atoms with Crippen molar-refractivity contribution in [2.24, 2.45) is 10.4 Å². The number of piperazine rings is 1. The Morgan fingerprint density at radius 3 is 2.61 bits per heavy atom. The summed E-state index contributed by atoms with van der Waals surface area (Å²) in [6.45, 7) is 3.77. The molecule has 1 saturated carbocycles. The Labute approximate surface area is 183 Å². The summed E-state index contributed by atoms with van der Waals surface area (Å²) in [6.07, 6.45) is 4.88. The number of nitrogens with zero attached hydrogens (tertiary/aromatic N) is 4. The summed E-state index contributed by atoms with van der Waals surface area (Å²) in [7, 11) is 0.115. The highest BCUT2D eigenvalue weighted by molar-refractivity contribution is 14.0. The molecular formula is C17H30IN5O4S. The topological polar surface area (TPSA) is 100 Å². The predicted molar refractivity (Wildman–Crippen MR) is 117 cm³/mol. The smallest absolute Gasteiger partial charge is 0.220 e. The molecular weight excluding hydrogens is 497 g/mol. The quantitative estimate of drug-likeness (QED) is 0.308. The Morgan fingerprint density at radius 1 is 1.36 bits per heavy atom. The van der Waals surface area contributed by atoms with Gasteiger partial charge in [0.25, 0.3) is 0 Å². The molecule has 1 aromatic rings. The van der Waals surface area contributed by atoms with Gasteiger partial charge in [0.05, 0.1) is 5.69 Å². The molecule has 0 aromatic carbocycles. The lowest BCUT2D eigenvalue weighted by Crippen LogP contribution is -2.54. The monoisotopic (exact) mass is 527 g/mol. The van der Waals surface area contributed by atoms with Gasteiger partial charge < -0.3 is 19.5 Å². The van der Waals surface area contributed by atoms with E-state index in [4.69, 9.17) is 9.26 Å². The van der Waals surface area contributed by atoms with Crippen molar-refractivity contribution in [3.05, 3.63) is 18.0 Å². The van der Waals surface area contributed by atoms with Gasteiger partial charge in [-0.1, -0.05) is 5.16 Å². The fraction of sp³-hybridized carbons (Fsp3) is 0.765. The van der Waals surface area contributed by atoms with Crippen LogP contribution in [0.25, 0.3) is 0 Å². The van der Waals surface area contributed by atoms with E-state index < -0.39 is 10.0 Å². The Kier molecular flexibility index (Phi) is 8.52. The van der Waals surface area contributed by atoms with Crippen LogP contribution in [0.15, 0.2) is 21.8 Å². The number of ether oxygens (including phenoxy) is 1. The van der Waals surface area contributed by atoms with Crippen LogP contribution in [0.3, 0.4) is 0 Å². The SMILES string of the molecule is CN=C(NCC1(CCOC)CC1)N1CCN(S(=O)(=O)Cc2ccon2)CC1.I. The van der Waals surface area contributed by atoms with E-state index in [0.717, 1.165) is 25.5 Å². The van der Waals surface area contributed by atoms with Crippen LogP contribution >= 0.6 is 24.0 Å². The van der Waals surface area contributed by atoms with E-state index >= 15 is 0 Å². The molecule has 2 aliphatic rings. The highest BCUT2D eigenvalue weighted by Gasteiger charge is 2.42. The van der Waals surface area contributed by atoms with Crippen LogP contribution in [0.4, 0.5) is 0 Å². The van der Waals surface area contributed by atoms with Crippen molar-refractivity contribution in [2.45, 2.75) is 25.0 Å². The van der Waals surface area contributed by atoms with Crippen LogP contribution in [0.5, 0.6) is 0 Å². The minimum Gasteiger partial charge on any atom is -0.385 e. The number of hydrogen-bond acceptors (Lipinski definition) is 6. The zero-order chi connectivity index (χ0) is 19.3. The van der Waals surface area contributed by atoms with Crippen molar-refractivity contribution in [3.63, 3.8) is 0 Å². The number of nitrogens with one attached hydrogen (secondary N) is 1. The van der Waals surface area contributed by atoms with Crippen LogP contribution in [0, 0.1) is 5.41 Å². The van der Waals surface area contributed by atoms with Gasteiger partial charge in [0.1, 0.15) is 12.0 Å². The van der Waals surface area contributed by atoms with Gasteiger partial charge in [-0.05, 0) is 24.7 Å². The molecule has 0 unspecified atom stereocenters. The van der Waals surface area contributed by atoms with E-state index in [1.54, 1.807) is 20.2 Å². The number of hydrogen-bond donors (Lipinski definition) is 1. The minimum absolute atomic E-state index is 0. The lowest BCUT2D eigenvalue weighted by atomic mass is 10.0. The highest BCUT2D eigenvalue weighted by atomic mass is 127. The summed E-state index contributed by atoms with van der Waals surface area (Å²) >= 11 is 0. The largest absolute Gasteiger partial charge is 0.385 e. The average Bonchev–Trinajstić information content (AvgIpc) is 3.26. The molecule has 9 nitrogen and oxygen atoms in total. The molecule has 2 fully saturated rings. The van der Waals surface area contributed by atoms with Gasteiger partial charge in [0, 0.05) is 59.6 Å². The second-order valence-corrected chi connectivity index (χ2v) is 9.25.